The largest absolute Gasteiger partial charge is 0.496 e. The Morgan fingerprint density at radius 3 is 2.42 bits per heavy atom. The number of ether oxygens (including phenoxy) is 3. The molecule has 1 aromatic heterocycles. The first-order chi connectivity index (χ1) is 19.2. The Morgan fingerprint density at radius 2 is 1.82 bits per heavy atom. The van der Waals surface area contributed by atoms with Gasteiger partial charge in [-0.15, -0.1) is 0 Å². The van der Waals surface area contributed by atoms with Crippen LogP contribution in [0.15, 0.2) is 63.5 Å². The molecule has 40 heavy (non-hydrogen) atoms. The van der Waals surface area contributed by atoms with E-state index < -0.39 is 12.0 Å². The Bertz CT molecular complexity index is 1580. The van der Waals surface area contributed by atoms with E-state index in [0.29, 0.717) is 38.7 Å². The molecule has 0 N–H and O–H groups in total. The average molecular weight is 564 g/mol. The van der Waals surface area contributed by atoms with Crippen molar-refractivity contribution in [3.05, 3.63) is 84.5 Å². The van der Waals surface area contributed by atoms with Gasteiger partial charge >= 0.3 is 5.97 Å². The van der Waals surface area contributed by atoms with E-state index in [1.54, 1.807) is 32.4 Å². The molecule has 3 aromatic rings. The summed E-state index contributed by atoms with van der Waals surface area (Å²) in [5.74, 6) is 0.902. The maximum Gasteiger partial charge on any atom is 0.338 e. The molecule has 212 valence electrons. The van der Waals surface area contributed by atoms with E-state index in [2.05, 4.69) is 23.7 Å². The molecule has 0 unspecified atom stereocenters. The molecule has 0 radical (unpaired) electrons. The summed E-state index contributed by atoms with van der Waals surface area (Å²) in [7, 11) is 1.63. The Labute approximate surface area is 238 Å². The molecule has 0 fully saturated rings. The Hall–Kier alpha value is -3.85. The smallest absolute Gasteiger partial charge is 0.338 e. The zero-order valence-corrected chi connectivity index (χ0v) is 25.0. The molecule has 2 aromatic carbocycles. The number of thiazole rings is 1. The minimum absolute atomic E-state index is 0.236. The molecule has 1 atom stereocenters. The molecular weight excluding hydrogens is 526 g/mol. The van der Waals surface area contributed by atoms with Crippen molar-refractivity contribution in [2.75, 3.05) is 31.7 Å². The third-order valence-electron chi connectivity index (χ3n) is 6.72. The summed E-state index contributed by atoms with van der Waals surface area (Å²) in [5.41, 5.74) is 3.25. The number of allylic oxidation sites excluding steroid dienone is 1. The predicted molar refractivity (Wildman–Crippen MR) is 159 cm³/mol. The van der Waals surface area contributed by atoms with Crippen LogP contribution < -0.4 is 29.3 Å². The summed E-state index contributed by atoms with van der Waals surface area (Å²) in [6, 6.07) is 12.7. The van der Waals surface area contributed by atoms with Crippen molar-refractivity contribution >= 4 is 29.1 Å². The van der Waals surface area contributed by atoms with Gasteiger partial charge in [-0.25, -0.2) is 9.79 Å². The van der Waals surface area contributed by atoms with Gasteiger partial charge in [0, 0.05) is 30.4 Å². The topological polar surface area (TPSA) is 82.4 Å². The highest BCUT2D eigenvalue weighted by atomic mass is 32.1. The van der Waals surface area contributed by atoms with Crippen molar-refractivity contribution in [3.63, 3.8) is 0 Å². The van der Waals surface area contributed by atoms with Crippen LogP contribution in [0, 0.1) is 0 Å². The van der Waals surface area contributed by atoms with Crippen LogP contribution in [0.1, 0.15) is 58.7 Å². The van der Waals surface area contributed by atoms with Gasteiger partial charge in [-0.3, -0.25) is 9.36 Å². The SMILES string of the molecule is CCOc1ccc([C@@H]2C(C(=O)OC(C)C)=C(C)N=c3s/c(=C/c4ccc(N(CC)CC)cc4OC)c(=O)n32)cc1. The van der Waals surface area contributed by atoms with Crippen LogP contribution in [-0.2, 0) is 9.53 Å². The minimum atomic E-state index is -0.688. The number of carbonyl (C=O) groups is 1. The Morgan fingerprint density at radius 1 is 1.12 bits per heavy atom. The average Bonchev–Trinajstić information content (AvgIpc) is 3.23. The van der Waals surface area contributed by atoms with Gasteiger partial charge in [-0.2, -0.15) is 0 Å². The van der Waals surface area contributed by atoms with Gasteiger partial charge in [0.15, 0.2) is 4.80 Å². The lowest BCUT2D eigenvalue weighted by molar-refractivity contribution is -0.143. The van der Waals surface area contributed by atoms with Crippen LogP contribution >= 0.6 is 11.3 Å². The molecule has 4 rings (SSSR count). The van der Waals surface area contributed by atoms with Crippen LogP contribution in [0.5, 0.6) is 11.5 Å². The lowest BCUT2D eigenvalue weighted by Crippen LogP contribution is -2.40. The number of esters is 1. The number of anilines is 1. The number of aromatic nitrogens is 1. The number of methoxy groups -OCH3 is 1. The van der Waals surface area contributed by atoms with Crippen molar-refractivity contribution in [3.8, 4) is 11.5 Å². The van der Waals surface area contributed by atoms with Gasteiger partial charge in [0.2, 0.25) is 0 Å². The van der Waals surface area contributed by atoms with Crippen LogP contribution in [-0.4, -0.2) is 43.4 Å². The van der Waals surface area contributed by atoms with Crippen molar-refractivity contribution in [2.45, 2.75) is 53.7 Å². The van der Waals surface area contributed by atoms with Gasteiger partial charge in [0.1, 0.15) is 11.5 Å². The zero-order valence-electron chi connectivity index (χ0n) is 24.2. The predicted octanol–water partition coefficient (Wildman–Crippen LogP) is 4.44. The van der Waals surface area contributed by atoms with Crippen molar-refractivity contribution in [2.24, 2.45) is 4.99 Å². The Kier molecular flexibility index (Phi) is 9.14. The number of hydrogen-bond acceptors (Lipinski definition) is 8. The molecule has 1 aliphatic heterocycles. The van der Waals surface area contributed by atoms with Gasteiger partial charge in [-0.05, 0) is 77.4 Å². The van der Waals surface area contributed by atoms with E-state index in [4.69, 9.17) is 14.2 Å². The highest BCUT2D eigenvalue weighted by Gasteiger charge is 2.33. The highest BCUT2D eigenvalue weighted by Crippen LogP contribution is 2.32. The van der Waals surface area contributed by atoms with Gasteiger partial charge in [0.05, 0.1) is 41.7 Å². The quantitative estimate of drug-likeness (QED) is 0.339. The number of carbonyl (C=O) groups excluding carboxylic acids is 1. The second-order valence-corrected chi connectivity index (χ2v) is 10.6. The molecule has 0 spiro atoms. The second kappa shape index (κ2) is 12.6. The molecule has 8 nitrogen and oxygen atoms in total. The number of hydrogen-bond donors (Lipinski definition) is 0. The van der Waals surface area contributed by atoms with Gasteiger partial charge in [-0.1, -0.05) is 23.5 Å². The van der Waals surface area contributed by atoms with Gasteiger partial charge < -0.3 is 19.1 Å². The molecule has 0 saturated carbocycles. The fourth-order valence-electron chi connectivity index (χ4n) is 4.83. The van der Waals surface area contributed by atoms with E-state index in [0.717, 1.165) is 29.9 Å². The third kappa shape index (κ3) is 5.84. The fourth-order valence-corrected chi connectivity index (χ4v) is 5.87. The van der Waals surface area contributed by atoms with E-state index >= 15 is 0 Å². The normalized spacial score (nSPS) is 15.1. The molecular formula is C31H37N3O5S. The molecule has 0 aliphatic carbocycles. The summed E-state index contributed by atoms with van der Waals surface area (Å²) in [4.78, 5) is 34.7. The molecule has 2 heterocycles. The van der Waals surface area contributed by atoms with Crippen molar-refractivity contribution in [1.82, 2.24) is 4.57 Å². The van der Waals surface area contributed by atoms with E-state index in [1.165, 1.54) is 11.3 Å². The summed E-state index contributed by atoms with van der Waals surface area (Å²) < 4.78 is 19.0. The number of benzene rings is 2. The first kappa shape index (κ1) is 29.1. The van der Waals surface area contributed by atoms with Gasteiger partial charge in [0.25, 0.3) is 5.56 Å². The van der Waals surface area contributed by atoms with Crippen LogP contribution in [0.3, 0.4) is 0 Å². The first-order valence-corrected chi connectivity index (χ1v) is 14.4. The number of fused-ring (bicyclic) bond motifs is 1. The minimum Gasteiger partial charge on any atom is -0.496 e. The number of nitrogens with zero attached hydrogens (tertiary/aromatic N) is 3. The third-order valence-corrected chi connectivity index (χ3v) is 7.71. The maximum absolute atomic E-state index is 14.0. The summed E-state index contributed by atoms with van der Waals surface area (Å²) >= 11 is 1.29. The highest BCUT2D eigenvalue weighted by molar-refractivity contribution is 7.07. The van der Waals surface area contributed by atoms with Crippen LogP contribution in [0.25, 0.3) is 6.08 Å². The lowest BCUT2D eigenvalue weighted by Gasteiger charge is -2.25. The van der Waals surface area contributed by atoms with Crippen LogP contribution in [0.4, 0.5) is 5.69 Å². The maximum atomic E-state index is 14.0. The standard InChI is InChI=1S/C31H37N3O5S/c1-8-33(9-2)23-14-11-22(25(18-23)37-7)17-26-29(35)34-28(21-12-15-24(16-13-21)38-10-3)27(30(36)39-19(4)5)20(6)32-31(34)40-26/h11-19,28H,8-10H2,1-7H3/b26-17+/t28-/m1/s1. The summed E-state index contributed by atoms with van der Waals surface area (Å²) in [6.07, 6.45) is 1.51. The molecule has 0 bridgehead atoms. The Balaban J connectivity index is 1.88. The molecule has 0 saturated heterocycles. The first-order valence-electron chi connectivity index (χ1n) is 13.6. The lowest BCUT2D eigenvalue weighted by atomic mass is 9.96. The molecule has 9 heteroatoms. The fraction of sp³-hybridized carbons (Fsp3) is 0.387. The zero-order chi connectivity index (χ0) is 29.0. The molecule has 1 aliphatic rings. The van der Waals surface area contributed by atoms with Crippen molar-refractivity contribution in [1.29, 1.82) is 0 Å². The van der Waals surface area contributed by atoms with E-state index in [-0.39, 0.29) is 11.7 Å². The second-order valence-electron chi connectivity index (χ2n) is 9.64. The summed E-state index contributed by atoms with van der Waals surface area (Å²) in [6.45, 7) is 13.8. The molecule has 0 amide bonds. The number of rotatable bonds is 10. The summed E-state index contributed by atoms with van der Waals surface area (Å²) in [5, 5.41) is 0. The van der Waals surface area contributed by atoms with E-state index in [1.807, 2.05) is 55.5 Å². The van der Waals surface area contributed by atoms with Crippen molar-refractivity contribution < 1.29 is 19.0 Å². The van der Waals surface area contributed by atoms with E-state index in [9.17, 15) is 9.59 Å². The van der Waals surface area contributed by atoms with Crippen LogP contribution in [0.2, 0.25) is 0 Å². The monoisotopic (exact) mass is 563 g/mol.